The van der Waals surface area contributed by atoms with Crippen molar-refractivity contribution in [2.75, 3.05) is 10.4 Å². The van der Waals surface area contributed by atoms with E-state index in [1.54, 1.807) is 6.33 Å². The van der Waals surface area contributed by atoms with Gasteiger partial charge < -0.3 is 0 Å². The van der Waals surface area contributed by atoms with Gasteiger partial charge in [0.15, 0.2) is 22.9 Å². The summed E-state index contributed by atoms with van der Waals surface area (Å²) in [5.41, 5.74) is 8.75. The van der Waals surface area contributed by atoms with Crippen LogP contribution in [0.25, 0.3) is 44.6 Å². The van der Waals surface area contributed by atoms with Gasteiger partial charge in [0, 0.05) is 16.1 Å². The van der Waals surface area contributed by atoms with Gasteiger partial charge in [-0.25, -0.2) is 24.6 Å². The van der Waals surface area contributed by atoms with Crippen LogP contribution < -0.4 is 10.4 Å². The number of fused-ring (bicyclic) bond motifs is 2. The second-order valence-electron chi connectivity index (χ2n) is 12.3. The predicted molar refractivity (Wildman–Crippen MR) is 168 cm³/mol. The van der Waals surface area contributed by atoms with E-state index in [1.165, 1.54) is 11.9 Å². The lowest BCUT2D eigenvalue weighted by Gasteiger charge is -2.37. The van der Waals surface area contributed by atoms with Crippen molar-refractivity contribution in [2.45, 2.75) is 59.5 Å². The smallest absolute Gasteiger partial charge is 0.164 e. The number of aromatic amines is 1. The van der Waals surface area contributed by atoms with Crippen LogP contribution in [0.5, 0.6) is 0 Å². The third-order valence-electron chi connectivity index (χ3n) is 6.98. The molecule has 0 aliphatic heterocycles. The summed E-state index contributed by atoms with van der Waals surface area (Å²) in [6, 6.07) is 15.9. The summed E-state index contributed by atoms with van der Waals surface area (Å²) in [5.74, 6) is 1.27. The molecule has 0 unspecified atom stereocenters. The normalized spacial score (nSPS) is 12.3. The maximum atomic E-state index is 6.24. The molecule has 6 rings (SSSR count). The fraction of sp³-hybridized carbons (Fsp3) is 0.290. The first-order chi connectivity index (χ1) is 19.9. The van der Waals surface area contributed by atoms with Gasteiger partial charge >= 0.3 is 0 Å². The third kappa shape index (κ3) is 4.92. The number of nitrogens with one attached hydrogen (secondary N) is 2. The molecule has 0 saturated heterocycles. The molecule has 0 radical (unpaired) electrons. The zero-order chi connectivity index (χ0) is 29.8. The number of hydrogen-bond donors (Lipinski definition) is 2. The van der Waals surface area contributed by atoms with Gasteiger partial charge in [-0.05, 0) is 60.6 Å². The highest BCUT2D eigenvalue weighted by molar-refractivity contribution is 6.30. The topological polar surface area (TPSA) is 113 Å². The highest BCUT2D eigenvalue weighted by Gasteiger charge is 2.32. The molecule has 42 heavy (non-hydrogen) atoms. The SMILES string of the molecule is Cc1ccc(-c2n[nH]c3ncnc(NN(c4ncnc5c4c(-c4ccc(Cl)cc4)nn5C(C)(C)C)C(C)(C)C)c23)cc1. The van der Waals surface area contributed by atoms with Crippen molar-refractivity contribution in [3.05, 3.63) is 71.8 Å². The van der Waals surface area contributed by atoms with Crippen LogP contribution in [0.3, 0.4) is 0 Å². The minimum atomic E-state index is -0.451. The van der Waals surface area contributed by atoms with Crippen molar-refractivity contribution >= 4 is 45.3 Å². The minimum Gasteiger partial charge on any atom is -0.279 e. The van der Waals surface area contributed by atoms with E-state index in [9.17, 15) is 0 Å². The van der Waals surface area contributed by atoms with Gasteiger partial charge in [-0.3, -0.25) is 15.5 Å². The van der Waals surface area contributed by atoms with Crippen molar-refractivity contribution in [2.24, 2.45) is 0 Å². The summed E-state index contributed by atoms with van der Waals surface area (Å²) in [5, 5.41) is 17.0. The number of hydrogen-bond acceptors (Lipinski definition) is 8. The van der Waals surface area contributed by atoms with E-state index >= 15 is 0 Å². The molecule has 0 spiro atoms. The van der Waals surface area contributed by atoms with Crippen molar-refractivity contribution in [1.29, 1.82) is 0 Å². The molecule has 4 aromatic heterocycles. The van der Waals surface area contributed by atoms with E-state index in [0.717, 1.165) is 38.9 Å². The van der Waals surface area contributed by atoms with Crippen molar-refractivity contribution in [3.63, 3.8) is 0 Å². The van der Waals surface area contributed by atoms with Crippen molar-refractivity contribution in [1.82, 2.24) is 39.9 Å². The van der Waals surface area contributed by atoms with Crippen molar-refractivity contribution < 1.29 is 0 Å². The van der Waals surface area contributed by atoms with E-state index in [4.69, 9.17) is 26.7 Å². The molecular formula is C31H33ClN10. The number of benzene rings is 2. The number of anilines is 2. The van der Waals surface area contributed by atoms with Crippen molar-refractivity contribution in [3.8, 4) is 22.5 Å². The molecule has 0 saturated carbocycles. The van der Waals surface area contributed by atoms with Gasteiger partial charge in [0.2, 0.25) is 0 Å². The second-order valence-corrected chi connectivity index (χ2v) is 12.8. The lowest BCUT2D eigenvalue weighted by molar-refractivity contribution is 0.366. The third-order valence-corrected chi connectivity index (χ3v) is 7.23. The van der Waals surface area contributed by atoms with Crippen LogP contribution in [0.1, 0.15) is 47.1 Å². The predicted octanol–water partition coefficient (Wildman–Crippen LogP) is 7.18. The zero-order valence-corrected chi connectivity index (χ0v) is 25.5. The summed E-state index contributed by atoms with van der Waals surface area (Å²) in [6.07, 6.45) is 3.10. The molecule has 4 heterocycles. The van der Waals surface area contributed by atoms with Gasteiger partial charge in [-0.1, -0.05) is 53.6 Å². The molecular weight excluding hydrogens is 548 g/mol. The number of aryl methyl sites for hydroxylation is 1. The van der Waals surface area contributed by atoms with Crippen LogP contribution in [-0.2, 0) is 5.54 Å². The fourth-order valence-corrected chi connectivity index (χ4v) is 5.02. The Hall–Kier alpha value is -4.57. The number of halogens is 1. The molecule has 2 N–H and O–H groups in total. The molecule has 214 valence electrons. The molecule has 2 aromatic carbocycles. The van der Waals surface area contributed by atoms with E-state index in [1.807, 2.05) is 34.0 Å². The van der Waals surface area contributed by atoms with Crippen LogP contribution >= 0.6 is 11.6 Å². The number of aromatic nitrogens is 8. The molecule has 0 aliphatic carbocycles. The highest BCUT2D eigenvalue weighted by atomic mass is 35.5. The van der Waals surface area contributed by atoms with Crippen LogP contribution in [0.15, 0.2) is 61.2 Å². The van der Waals surface area contributed by atoms with Gasteiger partial charge in [-0.2, -0.15) is 10.2 Å². The second kappa shape index (κ2) is 10.1. The average molecular weight is 581 g/mol. The van der Waals surface area contributed by atoms with E-state index < -0.39 is 5.54 Å². The molecule has 0 amide bonds. The highest BCUT2D eigenvalue weighted by Crippen LogP contribution is 2.39. The first-order valence-electron chi connectivity index (χ1n) is 13.7. The first kappa shape index (κ1) is 27.6. The van der Waals surface area contributed by atoms with Gasteiger partial charge in [0.05, 0.1) is 21.9 Å². The first-order valence-corrected chi connectivity index (χ1v) is 14.1. The standard InChI is InChI=1S/C31H33ClN10/c1-18-8-10-19(11-9-18)24-22-26(38-37-24)33-16-34-27(22)40-42(31(5,6)7)29-23-25(20-12-14-21(32)15-13-20)39-41(30(2,3)4)28(23)35-17-36-29/h8-17H,1-7H3,(H2,33,34,37,38,40). The van der Waals surface area contributed by atoms with Crippen LogP contribution in [0.4, 0.5) is 11.6 Å². The Morgan fingerprint density at radius 3 is 2.10 bits per heavy atom. The van der Waals surface area contributed by atoms with Gasteiger partial charge in [-0.15, -0.1) is 0 Å². The molecule has 0 bridgehead atoms. The number of hydrazine groups is 1. The lowest BCUT2D eigenvalue weighted by Crippen LogP contribution is -2.46. The Balaban J connectivity index is 1.57. The minimum absolute atomic E-state index is 0.326. The van der Waals surface area contributed by atoms with Crippen LogP contribution in [0.2, 0.25) is 5.02 Å². The maximum Gasteiger partial charge on any atom is 0.164 e. The maximum absolute atomic E-state index is 6.24. The summed E-state index contributed by atoms with van der Waals surface area (Å²) in [6.45, 7) is 14.7. The Labute approximate surface area is 249 Å². The molecule has 0 aliphatic rings. The van der Waals surface area contributed by atoms with E-state index in [0.29, 0.717) is 22.3 Å². The monoisotopic (exact) mass is 580 g/mol. The Bertz CT molecular complexity index is 1890. The molecule has 10 nitrogen and oxygen atoms in total. The fourth-order valence-electron chi connectivity index (χ4n) is 4.89. The summed E-state index contributed by atoms with van der Waals surface area (Å²) in [7, 11) is 0. The summed E-state index contributed by atoms with van der Waals surface area (Å²) < 4.78 is 1.95. The lowest BCUT2D eigenvalue weighted by atomic mass is 10.1. The zero-order valence-electron chi connectivity index (χ0n) is 24.7. The quantitative estimate of drug-likeness (QED) is 0.206. The summed E-state index contributed by atoms with van der Waals surface area (Å²) in [4.78, 5) is 18.7. The molecule has 0 atom stereocenters. The number of H-pyrrole nitrogens is 1. The molecule has 0 fully saturated rings. The Morgan fingerprint density at radius 1 is 0.786 bits per heavy atom. The largest absolute Gasteiger partial charge is 0.279 e. The van der Waals surface area contributed by atoms with E-state index in [2.05, 4.69) is 98.3 Å². The average Bonchev–Trinajstić information content (AvgIpc) is 3.55. The van der Waals surface area contributed by atoms with Gasteiger partial charge in [0.25, 0.3) is 0 Å². The summed E-state index contributed by atoms with van der Waals surface area (Å²) >= 11 is 6.24. The molecule has 6 aromatic rings. The Kier molecular flexibility index (Phi) is 6.61. The number of nitrogens with zero attached hydrogens (tertiary/aromatic N) is 8. The molecule has 11 heteroatoms. The Morgan fingerprint density at radius 2 is 1.43 bits per heavy atom. The number of rotatable bonds is 5. The van der Waals surface area contributed by atoms with Crippen LogP contribution in [0, 0.1) is 6.92 Å². The van der Waals surface area contributed by atoms with Crippen LogP contribution in [-0.4, -0.2) is 45.5 Å². The van der Waals surface area contributed by atoms with Gasteiger partial charge in [0.1, 0.15) is 24.0 Å². The van der Waals surface area contributed by atoms with E-state index in [-0.39, 0.29) is 5.54 Å².